The smallest absolute Gasteiger partial charge is 0.0940 e. The molecule has 0 unspecified atom stereocenters. The highest BCUT2D eigenvalue weighted by Crippen LogP contribution is 2.64. The van der Waals surface area contributed by atoms with E-state index in [9.17, 15) is 5.11 Å². The third-order valence-corrected chi connectivity index (χ3v) is 7.40. The van der Waals surface area contributed by atoms with Gasteiger partial charge in [-0.05, 0) is 78.7 Å². The Morgan fingerprint density at radius 2 is 2.05 bits per heavy atom. The van der Waals surface area contributed by atoms with Crippen molar-refractivity contribution in [2.24, 2.45) is 16.7 Å². The zero-order chi connectivity index (χ0) is 15.6. The van der Waals surface area contributed by atoms with E-state index in [-0.39, 0.29) is 10.8 Å². The van der Waals surface area contributed by atoms with E-state index >= 15 is 0 Å². The number of aliphatic hydroxyl groups is 1. The molecule has 4 rings (SSSR count). The van der Waals surface area contributed by atoms with Gasteiger partial charge in [0.25, 0.3) is 0 Å². The molecule has 5 atom stereocenters. The number of furan rings is 1. The molecule has 0 amide bonds. The van der Waals surface area contributed by atoms with E-state index in [1.807, 2.05) is 12.5 Å². The Bertz CT molecular complexity index is 603. The van der Waals surface area contributed by atoms with Crippen LogP contribution in [0.25, 0.3) is 0 Å². The van der Waals surface area contributed by atoms with Crippen molar-refractivity contribution in [2.45, 2.75) is 70.3 Å². The van der Waals surface area contributed by atoms with Gasteiger partial charge in [-0.2, -0.15) is 0 Å². The predicted molar refractivity (Wildman–Crippen MR) is 87.7 cm³/mol. The number of allylic oxidation sites excluding steroid dienone is 1. The van der Waals surface area contributed by atoms with Crippen molar-refractivity contribution in [1.29, 1.82) is 0 Å². The normalized spacial score (nSPS) is 47.2. The van der Waals surface area contributed by atoms with Gasteiger partial charge in [-0.3, -0.25) is 0 Å². The van der Waals surface area contributed by atoms with Crippen molar-refractivity contribution in [3.05, 3.63) is 36.3 Å². The SMILES string of the molecule is C=C[C@@]1(C)CC[C@H]2[C@@](O)(CC[C@H]3c4cocc4CC[C@@]32C)C1. The minimum absolute atomic E-state index is 0.101. The van der Waals surface area contributed by atoms with Gasteiger partial charge in [0.2, 0.25) is 0 Å². The van der Waals surface area contributed by atoms with Crippen LogP contribution in [-0.2, 0) is 6.42 Å². The van der Waals surface area contributed by atoms with E-state index in [2.05, 4.69) is 26.5 Å². The molecule has 0 bridgehead atoms. The Labute approximate surface area is 133 Å². The van der Waals surface area contributed by atoms with Gasteiger partial charge in [-0.25, -0.2) is 0 Å². The molecule has 0 aliphatic heterocycles. The zero-order valence-electron chi connectivity index (χ0n) is 13.9. The lowest BCUT2D eigenvalue weighted by atomic mass is 9.45. The van der Waals surface area contributed by atoms with E-state index in [1.165, 1.54) is 17.5 Å². The standard InChI is InChI=1S/C20H28O2/c1-4-18(2)8-7-17-19(3)9-5-14-11-22-12-15(14)16(19)6-10-20(17,21)13-18/h4,11-12,16-17,21H,1,5-10,13H2,2-3H3/t16-,17+,18-,19-,20+/m0/s1. The van der Waals surface area contributed by atoms with E-state index in [0.717, 1.165) is 38.5 Å². The van der Waals surface area contributed by atoms with Gasteiger partial charge in [0.05, 0.1) is 18.1 Å². The first kappa shape index (κ1) is 14.6. The average molecular weight is 300 g/mol. The summed E-state index contributed by atoms with van der Waals surface area (Å²) in [5.41, 5.74) is 2.64. The lowest BCUT2D eigenvalue weighted by Crippen LogP contribution is -2.58. The second-order valence-corrected chi connectivity index (χ2v) is 8.68. The van der Waals surface area contributed by atoms with Crippen LogP contribution in [0.4, 0.5) is 0 Å². The summed E-state index contributed by atoms with van der Waals surface area (Å²) in [6, 6.07) is 0. The van der Waals surface area contributed by atoms with Gasteiger partial charge < -0.3 is 9.52 Å². The van der Waals surface area contributed by atoms with Gasteiger partial charge in [-0.15, -0.1) is 6.58 Å². The van der Waals surface area contributed by atoms with E-state index in [4.69, 9.17) is 4.42 Å². The lowest BCUT2D eigenvalue weighted by molar-refractivity contribution is -0.163. The summed E-state index contributed by atoms with van der Waals surface area (Å²) in [4.78, 5) is 0. The van der Waals surface area contributed by atoms with Crippen molar-refractivity contribution >= 4 is 0 Å². The summed E-state index contributed by atoms with van der Waals surface area (Å²) >= 11 is 0. The second kappa shape index (κ2) is 4.50. The number of hydrogen-bond donors (Lipinski definition) is 1. The molecule has 0 radical (unpaired) electrons. The monoisotopic (exact) mass is 300 g/mol. The Hall–Kier alpha value is -1.02. The molecule has 22 heavy (non-hydrogen) atoms. The molecule has 2 heteroatoms. The maximum Gasteiger partial charge on any atom is 0.0940 e. The van der Waals surface area contributed by atoms with Crippen LogP contribution in [0.1, 0.15) is 69.4 Å². The fourth-order valence-corrected chi connectivity index (χ4v) is 6.11. The third-order valence-electron chi connectivity index (χ3n) is 7.40. The zero-order valence-corrected chi connectivity index (χ0v) is 13.9. The van der Waals surface area contributed by atoms with Gasteiger partial charge in [0.1, 0.15) is 0 Å². The topological polar surface area (TPSA) is 33.4 Å². The van der Waals surface area contributed by atoms with Crippen molar-refractivity contribution in [2.75, 3.05) is 0 Å². The van der Waals surface area contributed by atoms with E-state index in [0.29, 0.717) is 11.8 Å². The largest absolute Gasteiger partial charge is 0.472 e. The van der Waals surface area contributed by atoms with Crippen LogP contribution < -0.4 is 0 Å². The summed E-state index contributed by atoms with van der Waals surface area (Å²) in [5, 5.41) is 11.5. The Morgan fingerprint density at radius 1 is 1.23 bits per heavy atom. The van der Waals surface area contributed by atoms with Crippen LogP contribution in [0, 0.1) is 16.7 Å². The average Bonchev–Trinajstić information content (AvgIpc) is 2.94. The molecule has 3 aliphatic rings. The minimum Gasteiger partial charge on any atom is -0.472 e. The van der Waals surface area contributed by atoms with Gasteiger partial charge in [0, 0.05) is 0 Å². The number of aryl methyl sites for hydroxylation is 1. The van der Waals surface area contributed by atoms with E-state index in [1.54, 1.807) is 0 Å². The Morgan fingerprint density at radius 3 is 2.82 bits per heavy atom. The molecule has 2 fully saturated rings. The van der Waals surface area contributed by atoms with Gasteiger partial charge in [0.15, 0.2) is 0 Å². The fraction of sp³-hybridized carbons (Fsp3) is 0.700. The molecule has 1 aromatic rings. The van der Waals surface area contributed by atoms with Crippen LogP contribution in [0.15, 0.2) is 29.6 Å². The second-order valence-electron chi connectivity index (χ2n) is 8.68. The summed E-state index contributed by atoms with van der Waals surface area (Å²) < 4.78 is 5.50. The molecule has 1 heterocycles. The first-order valence-corrected chi connectivity index (χ1v) is 8.81. The van der Waals surface area contributed by atoms with E-state index < -0.39 is 5.60 Å². The number of rotatable bonds is 1. The molecule has 1 aromatic heterocycles. The predicted octanol–water partition coefficient (Wildman–Crippen LogP) is 4.83. The maximum atomic E-state index is 11.5. The summed E-state index contributed by atoms with van der Waals surface area (Å²) in [6.07, 6.45) is 13.4. The molecule has 0 spiro atoms. The third kappa shape index (κ3) is 1.83. The van der Waals surface area contributed by atoms with Gasteiger partial charge in [-0.1, -0.05) is 19.9 Å². The number of fused-ring (bicyclic) bond motifs is 5. The first-order chi connectivity index (χ1) is 10.4. The van der Waals surface area contributed by atoms with Crippen LogP contribution >= 0.6 is 0 Å². The molecule has 2 nitrogen and oxygen atoms in total. The first-order valence-electron chi connectivity index (χ1n) is 8.81. The highest BCUT2D eigenvalue weighted by molar-refractivity contribution is 5.33. The molecule has 0 saturated heterocycles. The molecule has 2 saturated carbocycles. The lowest BCUT2D eigenvalue weighted by Gasteiger charge is -2.61. The fourth-order valence-electron chi connectivity index (χ4n) is 6.11. The Kier molecular flexibility index (Phi) is 2.98. The Balaban J connectivity index is 1.72. The van der Waals surface area contributed by atoms with Crippen molar-refractivity contribution in [1.82, 2.24) is 0 Å². The van der Waals surface area contributed by atoms with Crippen molar-refractivity contribution < 1.29 is 9.52 Å². The number of hydrogen-bond acceptors (Lipinski definition) is 2. The summed E-state index contributed by atoms with van der Waals surface area (Å²) in [6.45, 7) is 8.71. The van der Waals surface area contributed by atoms with Crippen LogP contribution in [0.5, 0.6) is 0 Å². The molecule has 120 valence electrons. The highest BCUT2D eigenvalue weighted by atomic mass is 16.3. The quantitative estimate of drug-likeness (QED) is 0.753. The van der Waals surface area contributed by atoms with Crippen molar-refractivity contribution in [3.63, 3.8) is 0 Å². The van der Waals surface area contributed by atoms with Crippen LogP contribution in [0.3, 0.4) is 0 Å². The highest BCUT2D eigenvalue weighted by Gasteiger charge is 2.59. The molecular weight excluding hydrogens is 272 g/mol. The molecule has 1 N–H and O–H groups in total. The van der Waals surface area contributed by atoms with Gasteiger partial charge >= 0.3 is 0 Å². The molecular formula is C20H28O2. The molecule has 0 aromatic carbocycles. The molecule has 3 aliphatic carbocycles. The van der Waals surface area contributed by atoms with Crippen molar-refractivity contribution in [3.8, 4) is 0 Å². The van der Waals surface area contributed by atoms with Crippen LogP contribution in [-0.4, -0.2) is 10.7 Å². The minimum atomic E-state index is -0.506. The summed E-state index contributed by atoms with van der Waals surface area (Å²) in [7, 11) is 0. The maximum absolute atomic E-state index is 11.5. The summed E-state index contributed by atoms with van der Waals surface area (Å²) in [5.74, 6) is 0.975. The van der Waals surface area contributed by atoms with Crippen LogP contribution in [0.2, 0.25) is 0 Å².